The lowest BCUT2D eigenvalue weighted by atomic mass is 10.0. The molecule has 1 unspecified atom stereocenters. The van der Waals surface area contributed by atoms with E-state index in [2.05, 4.69) is 15.7 Å². The maximum absolute atomic E-state index is 12.4. The zero-order valence-corrected chi connectivity index (χ0v) is 14.4. The minimum atomic E-state index is -0.433. The molecule has 132 valence electrons. The number of carbonyl (C=O) groups is 1. The van der Waals surface area contributed by atoms with Crippen LogP contribution in [0.4, 0.5) is 10.6 Å². The third-order valence-electron chi connectivity index (χ3n) is 3.77. The zero-order chi connectivity index (χ0) is 18.2. The Morgan fingerprint density at radius 1 is 1.36 bits per heavy atom. The van der Waals surface area contributed by atoms with Gasteiger partial charge in [0.1, 0.15) is 11.6 Å². The standard InChI is InChI=1S/C18H23N5O2/c1-13(2)23-12-15(11-19)17(22-23)21-18(25)20-16(9-6-10-24)14-7-4-3-5-8-14/h3-5,7-8,12-13,16,24H,6,9-10H2,1-2H3,(H2,20,21,22,25). The molecular formula is C18H23N5O2. The zero-order valence-electron chi connectivity index (χ0n) is 14.4. The van der Waals surface area contributed by atoms with Gasteiger partial charge in [-0.3, -0.25) is 10.00 Å². The van der Waals surface area contributed by atoms with Gasteiger partial charge in [0.2, 0.25) is 0 Å². The lowest BCUT2D eigenvalue weighted by molar-refractivity contribution is 0.243. The highest BCUT2D eigenvalue weighted by molar-refractivity contribution is 5.89. The Hall–Kier alpha value is -2.85. The molecule has 1 aromatic heterocycles. The number of aromatic nitrogens is 2. The maximum Gasteiger partial charge on any atom is 0.320 e. The van der Waals surface area contributed by atoms with Gasteiger partial charge in [0.05, 0.1) is 6.04 Å². The lowest BCUT2D eigenvalue weighted by Crippen LogP contribution is -2.33. The number of hydrogen-bond acceptors (Lipinski definition) is 4. The van der Waals surface area contributed by atoms with Gasteiger partial charge in [-0.15, -0.1) is 0 Å². The quantitative estimate of drug-likeness (QED) is 0.720. The van der Waals surface area contributed by atoms with E-state index >= 15 is 0 Å². The Morgan fingerprint density at radius 2 is 2.08 bits per heavy atom. The molecule has 7 heteroatoms. The number of aliphatic hydroxyl groups excluding tert-OH is 1. The average Bonchev–Trinajstić information content (AvgIpc) is 3.02. The first kappa shape index (κ1) is 18.5. The molecule has 25 heavy (non-hydrogen) atoms. The molecule has 0 aliphatic rings. The second-order valence-corrected chi connectivity index (χ2v) is 6.00. The SMILES string of the molecule is CC(C)n1cc(C#N)c(NC(=O)NC(CCCO)c2ccccc2)n1. The largest absolute Gasteiger partial charge is 0.396 e. The van der Waals surface area contributed by atoms with Crippen LogP contribution in [0.1, 0.15) is 49.9 Å². The van der Waals surface area contributed by atoms with E-state index in [4.69, 9.17) is 5.11 Å². The van der Waals surface area contributed by atoms with E-state index in [0.717, 1.165) is 5.56 Å². The first-order valence-corrected chi connectivity index (χ1v) is 8.27. The minimum Gasteiger partial charge on any atom is -0.396 e. The smallest absolute Gasteiger partial charge is 0.320 e. The van der Waals surface area contributed by atoms with Gasteiger partial charge in [-0.25, -0.2) is 4.79 Å². The van der Waals surface area contributed by atoms with Crippen LogP contribution < -0.4 is 10.6 Å². The van der Waals surface area contributed by atoms with Crippen LogP contribution in [-0.4, -0.2) is 27.5 Å². The number of carbonyl (C=O) groups excluding carboxylic acids is 1. The number of aliphatic hydroxyl groups is 1. The van der Waals surface area contributed by atoms with E-state index in [-0.39, 0.29) is 24.5 Å². The number of urea groups is 1. The average molecular weight is 341 g/mol. The minimum absolute atomic E-state index is 0.0595. The third-order valence-corrected chi connectivity index (χ3v) is 3.77. The van der Waals surface area contributed by atoms with Crippen molar-refractivity contribution in [2.24, 2.45) is 0 Å². The van der Waals surface area contributed by atoms with E-state index in [0.29, 0.717) is 18.4 Å². The van der Waals surface area contributed by atoms with E-state index in [1.807, 2.05) is 50.2 Å². The Labute approximate surface area is 147 Å². The van der Waals surface area contributed by atoms with Crippen molar-refractivity contribution >= 4 is 11.8 Å². The molecule has 1 aromatic carbocycles. The molecule has 0 spiro atoms. The highest BCUT2D eigenvalue weighted by Crippen LogP contribution is 2.19. The molecule has 2 rings (SSSR count). The van der Waals surface area contributed by atoms with Gasteiger partial charge in [-0.1, -0.05) is 30.3 Å². The van der Waals surface area contributed by atoms with Gasteiger partial charge in [-0.2, -0.15) is 10.4 Å². The number of rotatable bonds is 7. The van der Waals surface area contributed by atoms with Crippen LogP contribution >= 0.6 is 0 Å². The number of anilines is 1. The maximum atomic E-state index is 12.4. The summed E-state index contributed by atoms with van der Waals surface area (Å²) in [6, 6.07) is 11.0. The molecule has 2 aromatic rings. The highest BCUT2D eigenvalue weighted by atomic mass is 16.3. The fourth-order valence-corrected chi connectivity index (χ4v) is 2.44. The highest BCUT2D eigenvalue weighted by Gasteiger charge is 2.17. The van der Waals surface area contributed by atoms with Crippen LogP contribution in [0.25, 0.3) is 0 Å². The molecule has 0 bridgehead atoms. The molecule has 1 heterocycles. The van der Waals surface area contributed by atoms with E-state index in [1.165, 1.54) is 0 Å². The number of nitriles is 1. The summed E-state index contributed by atoms with van der Waals surface area (Å²) in [4.78, 5) is 12.4. The van der Waals surface area contributed by atoms with Crippen LogP contribution in [0.3, 0.4) is 0 Å². The van der Waals surface area contributed by atoms with E-state index in [1.54, 1.807) is 10.9 Å². The summed E-state index contributed by atoms with van der Waals surface area (Å²) >= 11 is 0. The first-order chi connectivity index (χ1) is 12.0. The summed E-state index contributed by atoms with van der Waals surface area (Å²) in [5, 5.41) is 28.1. The molecule has 1 atom stereocenters. The van der Waals surface area contributed by atoms with Crippen molar-refractivity contribution in [1.82, 2.24) is 15.1 Å². The van der Waals surface area contributed by atoms with Crippen LogP contribution in [0.2, 0.25) is 0 Å². The normalized spacial score (nSPS) is 11.8. The monoisotopic (exact) mass is 341 g/mol. The van der Waals surface area contributed by atoms with Crippen molar-refractivity contribution in [1.29, 1.82) is 5.26 Å². The summed E-state index contributed by atoms with van der Waals surface area (Å²) in [5.41, 5.74) is 1.27. The fourth-order valence-electron chi connectivity index (χ4n) is 2.44. The Balaban J connectivity index is 2.10. The molecule has 0 saturated heterocycles. The molecule has 0 saturated carbocycles. The Kier molecular flexibility index (Phi) is 6.54. The summed E-state index contributed by atoms with van der Waals surface area (Å²) in [7, 11) is 0. The molecule has 0 aliphatic carbocycles. The van der Waals surface area contributed by atoms with Crippen molar-refractivity contribution in [3.05, 3.63) is 47.7 Å². The number of nitrogens with zero attached hydrogens (tertiary/aromatic N) is 3. The van der Waals surface area contributed by atoms with Crippen molar-refractivity contribution < 1.29 is 9.90 Å². The van der Waals surface area contributed by atoms with E-state index < -0.39 is 6.03 Å². The number of benzene rings is 1. The van der Waals surface area contributed by atoms with Gasteiger partial charge >= 0.3 is 6.03 Å². The van der Waals surface area contributed by atoms with E-state index in [9.17, 15) is 10.1 Å². The summed E-state index contributed by atoms with van der Waals surface area (Å²) in [6.45, 7) is 3.95. The van der Waals surface area contributed by atoms with Gasteiger partial charge in [0, 0.05) is 18.8 Å². The van der Waals surface area contributed by atoms with Crippen molar-refractivity contribution in [2.45, 2.75) is 38.8 Å². The number of hydrogen-bond donors (Lipinski definition) is 3. The van der Waals surface area contributed by atoms with Gasteiger partial charge in [0.25, 0.3) is 0 Å². The molecule has 0 radical (unpaired) electrons. The topological polar surface area (TPSA) is 103 Å². The van der Waals surface area contributed by atoms with Crippen LogP contribution in [0, 0.1) is 11.3 Å². The molecular weight excluding hydrogens is 318 g/mol. The fraction of sp³-hybridized carbons (Fsp3) is 0.389. The van der Waals surface area contributed by atoms with Gasteiger partial charge in [0.15, 0.2) is 5.82 Å². The number of nitrogens with one attached hydrogen (secondary N) is 2. The van der Waals surface area contributed by atoms with Gasteiger partial charge < -0.3 is 10.4 Å². The lowest BCUT2D eigenvalue weighted by Gasteiger charge is -2.19. The van der Waals surface area contributed by atoms with Crippen molar-refractivity contribution in [3.8, 4) is 6.07 Å². The molecule has 0 fully saturated rings. The predicted octanol–water partition coefficient (Wildman–Crippen LogP) is 2.97. The first-order valence-electron chi connectivity index (χ1n) is 8.27. The van der Waals surface area contributed by atoms with Gasteiger partial charge in [-0.05, 0) is 32.3 Å². The summed E-state index contributed by atoms with van der Waals surface area (Å²) in [6.07, 6.45) is 2.80. The predicted molar refractivity (Wildman–Crippen MR) is 95.0 cm³/mol. The van der Waals surface area contributed by atoms with Crippen molar-refractivity contribution in [3.63, 3.8) is 0 Å². The molecule has 2 amide bonds. The van der Waals surface area contributed by atoms with Crippen molar-refractivity contribution in [2.75, 3.05) is 11.9 Å². The van der Waals surface area contributed by atoms with Crippen LogP contribution in [-0.2, 0) is 0 Å². The molecule has 0 aliphatic heterocycles. The Bertz CT molecular complexity index is 734. The summed E-state index contributed by atoms with van der Waals surface area (Å²) < 4.78 is 1.63. The Morgan fingerprint density at radius 3 is 2.68 bits per heavy atom. The third kappa shape index (κ3) is 5.06. The van der Waals surface area contributed by atoms with Crippen LogP contribution in [0.5, 0.6) is 0 Å². The molecule has 3 N–H and O–H groups in total. The molecule has 7 nitrogen and oxygen atoms in total. The second kappa shape index (κ2) is 8.85. The second-order valence-electron chi connectivity index (χ2n) is 6.00. The van der Waals surface area contributed by atoms with Crippen LogP contribution in [0.15, 0.2) is 36.5 Å². The summed E-state index contributed by atoms with van der Waals surface area (Å²) in [5.74, 6) is 0.239. The number of amides is 2.